The van der Waals surface area contributed by atoms with Crippen molar-refractivity contribution in [2.45, 2.75) is 19.7 Å². The summed E-state index contributed by atoms with van der Waals surface area (Å²) in [5.74, 6) is 0.273. The number of benzene rings is 3. The third-order valence-electron chi connectivity index (χ3n) is 4.79. The Morgan fingerprint density at radius 1 is 1.00 bits per heavy atom. The average Bonchev–Trinajstić information content (AvgIpc) is 3.12. The molecule has 1 aliphatic rings. The normalized spacial score (nSPS) is 16.3. The van der Waals surface area contributed by atoms with Gasteiger partial charge in [0.05, 0.1) is 16.2 Å². The number of nitrogens with zero attached hydrogens (tertiary/aromatic N) is 1. The van der Waals surface area contributed by atoms with Crippen LogP contribution in [-0.2, 0) is 17.6 Å². The molecule has 3 aromatic rings. The summed E-state index contributed by atoms with van der Waals surface area (Å²) in [7, 11) is 0. The first-order valence-electron chi connectivity index (χ1n) is 10.0. The number of rotatable bonds is 5. The highest BCUT2D eigenvalue weighted by atomic mass is 32.2. The van der Waals surface area contributed by atoms with E-state index in [1.807, 2.05) is 31.2 Å². The van der Waals surface area contributed by atoms with Gasteiger partial charge in [-0.25, -0.2) is 4.99 Å². The third kappa shape index (κ3) is 5.84. The highest BCUT2D eigenvalue weighted by Crippen LogP contribution is 2.37. The molecule has 0 radical (unpaired) electrons. The van der Waals surface area contributed by atoms with Gasteiger partial charge < -0.3 is 10.1 Å². The van der Waals surface area contributed by atoms with Gasteiger partial charge in [-0.2, -0.15) is 13.2 Å². The van der Waals surface area contributed by atoms with Gasteiger partial charge in [-0.05, 0) is 60.2 Å². The predicted molar refractivity (Wildman–Crippen MR) is 124 cm³/mol. The second-order valence-corrected chi connectivity index (χ2v) is 8.37. The van der Waals surface area contributed by atoms with Crippen LogP contribution in [0.15, 0.2) is 82.7 Å². The fourth-order valence-electron chi connectivity index (χ4n) is 3.06. The van der Waals surface area contributed by atoms with Gasteiger partial charge >= 0.3 is 6.18 Å². The highest BCUT2D eigenvalue weighted by molar-refractivity contribution is 8.18. The van der Waals surface area contributed by atoms with Crippen molar-refractivity contribution in [1.29, 1.82) is 0 Å². The van der Waals surface area contributed by atoms with E-state index >= 15 is 0 Å². The lowest BCUT2D eigenvalue weighted by atomic mass is 10.1. The van der Waals surface area contributed by atoms with Crippen LogP contribution in [0.4, 0.5) is 18.9 Å². The molecule has 0 unspecified atom stereocenters. The number of carbonyl (C=O) groups is 1. The molecule has 4 rings (SSSR count). The first-order chi connectivity index (χ1) is 15.8. The van der Waals surface area contributed by atoms with Crippen molar-refractivity contribution in [2.75, 3.05) is 0 Å². The number of nitrogens with one attached hydrogen (secondary N) is 1. The van der Waals surface area contributed by atoms with Crippen LogP contribution in [0.25, 0.3) is 6.08 Å². The fourth-order valence-corrected chi connectivity index (χ4v) is 3.90. The van der Waals surface area contributed by atoms with Crippen molar-refractivity contribution < 1.29 is 22.7 Å². The molecule has 0 bridgehead atoms. The first kappa shape index (κ1) is 22.7. The Morgan fingerprint density at radius 3 is 2.39 bits per heavy atom. The molecule has 168 valence electrons. The van der Waals surface area contributed by atoms with Gasteiger partial charge in [-0.3, -0.25) is 4.79 Å². The number of ether oxygens (including phenoxy) is 1. The number of amidine groups is 1. The minimum Gasteiger partial charge on any atom is -0.489 e. The van der Waals surface area contributed by atoms with E-state index in [1.54, 1.807) is 30.3 Å². The Morgan fingerprint density at radius 2 is 1.70 bits per heavy atom. The standard InChI is InChI=1S/C25H19F3N2O2S/c1-16-6-8-18(9-7-16)15-32-19-12-10-17(11-13-19)14-22-23(31)30-24(33-22)29-21-5-3-2-4-20(21)25(26,27)28/h2-14H,15H2,1H3,(H,29,30,31)/b22-14-. The van der Waals surface area contributed by atoms with E-state index in [0.29, 0.717) is 17.3 Å². The monoisotopic (exact) mass is 468 g/mol. The van der Waals surface area contributed by atoms with Crippen LogP contribution >= 0.6 is 11.8 Å². The van der Waals surface area contributed by atoms with Gasteiger partial charge in [-0.15, -0.1) is 0 Å². The van der Waals surface area contributed by atoms with Gasteiger partial charge in [-0.1, -0.05) is 54.1 Å². The molecule has 1 heterocycles. The topological polar surface area (TPSA) is 50.7 Å². The summed E-state index contributed by atoms with van der Waals surface area (Å²) < 4.78 is 45.3. The minimum absolute atomic E-state index is 0.0981. The number of aryl methyl sites for hydroxylation is 1. The molecule has 0 atom stereocenters. The van der Waals surface area contributed by atoms with Crippen molar-refractivity contribution in [2.24, 2.45) is 4.99 Å². The van der Waals surface area contributed by atoms with E-state index < -0.39 is 17.6 Å². The maximum atomic E-state index is 13.2. The fraction of sp³-hybridized carbons (Fsp3) is 0.120. The molecule has 1 saturated heterocycles. The van der Waals surface area contributed by atoms with Crippen LogP contribution in [0.1, 0.15) is 22.3 Å². The minimum atomic E-state index is -4.53. The molecular weight excluding hydrogens is 449 g/mol. The Balaban J connectivity index is 1.44. The molecule has 0 saturated carbocycles. The van der Waals surface area contributed by atoms with E-state index in [-0.39, 0.29) is 10.9 Å². The zero-order chi connectivity index (χ0) is 23.4. The molecule has 0 aromatic heterocycles. The summed E-state index contributed by atoms with van der Waals surface area (Å²) >= 11 is 0.992. The van der Waals surface area contributed by atoms with E-state index in [9.17, 15) is 18.0 Å². The molecule has 1 aliphatic heterocycles. The molecular formula is C25H19F3N2O2S. The number of hydrogen-bond acceptors (Lipinski definition) is 4. The van der Waals surface area contributed by atoms with Crippen molar-refractivity contribution in [3.05, 3.63) is 100.0 Å². The summed E-state index contributed by atoms with van der Waals surface area (Å²) in [6.07, 6.45) is -2.88. The molecule has 1 fully saturated rings. The van der Waals surface area contributed by atoms with Crippen LogP contribution in [0.3, 0.4) is 0 Å². The summed E-state index contributed by atoms with van der Waals surface area (Å²) in [4.78, 5) is 16.6. The molecule has 8 heteroatoms. The number of carbonyl (C=O) groups excluding carboxylic acids is 1. The van der Waals surface area contributed by atoms with Crippen molar-refractivity contribution in [3.8, 4) is 5.75 Å². The summed E-state index contributed by atoms with van der Waals surface area (Å²) in [5.41, 5.74) is 1.90. The van der Waals surface area contributed by atoms with Crippen LogP contribution < -0.4 is 10.1 Å². The SMILES string of the molecule is Cc1ccc(COc2ccc(/C=C3\SC(=Nc4ccccc4C(F)(F)F)NC3=O)cc2)cc1. The van der Waals surface area contributed by atoms with E-state index in [2.05, 4.69) is 10.3 Å². The van der Waals surface area contributed by atoms with E-state index in [0.717, 1.165) is 29.0 Å². The number of aliphatic imine (C=N–C) groups is 1. The second-order valence-electron chi connectivity index (χ2n) is 7.34. The molecule has 1 N–H and O–H groups in total. The number of alkyl halides is 3. The van der Waals surface area contributed by atoms with Crippen LogP contribution in [0.2, 0.25) is 0 Å². The first-order valence-corrected chi connectivity index (χ1v) is 10.8. The van der Waals surface area contributed by atoms with Gasteiger partial charge in [0.15, 0.2) is 5.17 Å². The maximum Gasteiger partial charge on any atom is 0.418 e. The van der Waals surface area contributed by atoms with Crippen molar-refractivity contribution in [1.82, 2.24) is 5.32 Å². The van der Waals surface area contributed by atoms with Gasteiger partial charge in [0.25, 0.3) is 5.91 Å². The van der Waals surface area contributed by atoms with Gasteiger partial charge in [0.2, 0.25) is 0 Å². The van der Waals surface area contributed by atoms with Crippen LogP contribution in [-0.4, -0.2) is 11.1 Å². The van der Waals surface area contributed by atoms with Crippen molar-refractivity contribution in [3.63, 3.8) is 0 Å². The lowest BCUT2D eigenvalue weighted by Gasteiger charge is -2.09. The smallest absolute Gasteiger partial charge is 0.418 e. The Bertz CT molecular complexity index is 1220. The molecule has 0 aliphatic carbocycles. The predicted octanol–water partition coefficient (Wildman–Crippen LogP) is 6.48. The Labute approximate surface area is 193 Å². The summed E-state index contributed by atoms with van der Waals surface area (Å²) in [5, 5.41) is 2.62. The molecule has 0 spiro atoms. The maximum absolute atomic E-state index is 13.2. The lowest BCUT2D eigenvalue weighted by molar-refractivity contribution is -0.137. The zero-order valence-electron chi connectivity index (χ0n) is 17.5. The summed E-state index contributed by atoms with van der Waals surface area (Å²) in [6, 6.07) is 20.3. The number of thioether (sulfide) groups is 1. The zero-order valence-corrected chi connectivity index (χ0v) is 18.3. The largest absolute Gasteiger partial charge is 0.489 e. The second kappa shape index (κ2) is 9.54. The molecule has 1 amide bonds. The number of hydrogen-bond donors (Lipinski definition) is 1. The van der Waals surface area contributed by atoms with Crippen molar-refractivity contribution >= 4 is 34.6 Å². The van der Waals surface area contributed by atoms with Crippen LogP contribution in [0.5, 0.6) is 5.75 Å². The Kier molecular flexibility index (Phi) is 6.55. The number of amides is 1. The number of halogens is 3. The molecule has 3 aromatic carbocycles. The Hall–Kier alpha value is -3.52. The molecule has 33 heavy (non-hydrogen) atoms. The van der Waals surface area contributed by atoms with E-state index in [1.165, 1.54) is 23.8 Å². The number of para-hydroxylation sites is 1. The molecule has 4 nitrogen and oxygen atoms in total. The lowest BCUT2D eigenvalue weighted by Crippen LogP contribution is -2.19. The summed E-state index contributed by atoms with van der Waals surface area (Å²) in [6.45, 7) is 2.47. The average molecular weight is 469 g/mol. The highest BCUT2D eigenvalue weighted by Gasteiger charge is 2.34. The third-order valence-corrected chi connectivity index (χ3v) is 5.70. The quantitative estimate of drug-likeness (QED) is 0.436. The van der Waals surface area contributed by atoms with E-state index in [4.69, 9.17) is 4.74 Å². The van der Waals surface area contributed by atoms with Crippen LogP contribution in [0, 0.1) is 6.92 Å². The van der Waals surface area contributed by atoms with Gasteiger partial charge in [0.1, 0.15) is 12.4 Å². The van der Waals surface area contributed by atoms with Gasteiger partial charge in [0, 0.05) is 0 Å².